The Morgan fingerprint density at radius 3 is 1.93 bits per heavy atom. The lowest BCUT2D eigenvalue weighted by atomic mass is 10.4. The highest BCUT2D eigenvalue weighted by Gasteiger charge is 2.42. The molecule has 0 aliphatic heterocycles. The van der Waals surface area contributed by atoms with Crippen molar-refractivity contribution in [1.29, 1.82) is 0 Å². The highest BCUT2D eigenvalue weighted by molar-refractivity contribution is 7.54. The number of hydrogen-bond donors (Lipinski definition) is 1. The Bertz CT molecular complexity index is 221. The average molecular weight is 250 g/mol. The normalized spacial score (nSPS) is 15.3. The minimum Gasteiger partial charge on any atom is -0.380 e. The summed E-state index contributed by atoms with van der Waals surface area (Å²) in [6, 6.07) is 0. The summed E-state index contributed by atoms with van der Waals surface area (Å²) < 4.78 is 56.5. The van der Waals surface area contributed by atoms with Gasteiger partial charge >= 0.3 is 13.8 Å². The first-order valence-electron chi connectivity index (χ1n) is 4.38. The third-order valence-corrected chi connectivity index (χ3v) is 3.55. The van der Waals surface area contributed by atoms with Gasteiger partial charge < -0.3 is 14.2 Å². The molecule has 0 saturated heterocycles. The smallest absolute Gasteiger partial charge is 0.380 e. The maximum absolute atomic E-state index is 11.9. The van der Waals surface area contributed by atoms with Gasteiger partial charge in [0.2, 0.25) is 0 Å². The predicted octanol–water partition coefficient (Wildman–Crippen LogP) is 2.52. The third-order valence-electron chi connectivity index (χ3n) is 1.40. The highest BCUT2D eigenvalue weighted by Crippen LogP contribution is 2.54. The van der Waals surface area contributed by atoms with Crippen molar-refractivity contribution in [2.75, 3.05) is 13.2 Å². The van der Waals surface area contributed by atoms with E-state index in [1.54, 1.807) is 0 Å². The van der Waals surface area contributed by atoms with Gasteiger partial charge in [-0.2, -0.15) is 13.2 Å². The summed E-state index contributed by atoms with van der Waals surface area (Å²) in [5.74, 6) is -2.17. The molecule has 0 aliphatic carbocycles. The Kier molecular flexibility index (Phi) is 5.80. The van der Waals surface area contributed by atoms with Gasteiger partial charge in [-0.05, 0) is 13.8 Å². The van der Waals surface area contributed by atoms with Gasteiger partial charge in [-0.25, -0.2) is 0 Å². The van der Waals surface area contributed by atoms with Crippen LogP contribution in [0, 0.1) is 0 Å². The van der Waals surface area contributed by atoms with Gasteiger partial charge in [-0.1, -0.05) is 0 Å². The lowest BCUT2D eigenvalue weighted by molar-refractivity contribution is -0.147. The van der Waals surface area contributed by atoms with Crippen LogP contribution in [0.4, 0.5) is 13.2 Å². The molecular formula is C7H14F3O4P. The first-order chi connectivity index (χ1) is 6.75. The van der Waals surface area contributed by atoms with E-state index in [1.807, 2.05) is 0 Å². The summed E-state index contributed by atoms with van der Waals surface area (Å²) in [4.78, 5) is 0. The molecule has 0 amide bonds. The van der Waals surface area contributed by atoms with Gasteiger partial charge in [0.05, 0.1) is 19.6 Å². The molecule has 0 aliphatic rings. The molecule has 0 unspecified atom stereocenters. The number of halogens is 3. The van der Waals surface area contributed by atoms with Crippen molar-refractivity contribution in [3.8, 4) is 0 Å². The summed E-state index contributed by atoms with van der Waals surface area (Å²) in [5.41, 5.74) is 0. The number of aliphatic hydroxyl groups excluding tert-OH is 1. The Labute approximate surface area is 85.9 Å². The van der Waals surface area contributed by atoms with Crippen molar-refractivity contribution in [1.82, 2.24) is 0 Å². The molecule has 4 nitrogen and oxygen atoms in total. The molecule has 0 bridgehead atoms. The fraction of sp³-hybridized carbons (Fsp3) is 1.00. The summed E-state index contributed by atoms with van der Waals surface area (Å²) in [5, 5.41) is 9.13. The standard InChI is InChI=1S/C7H14F3O4P/c1-3-13-15(12,14-4-2)6(11)5-7(8,9)10/h6,11H,3-5H2,1-2H3/t6-/m0/s1. The molecule has 1 N–H and O–H groups in total. The third kappa shape index (κ3) is 5.51. The monoisotopic (exact) mass is 250 g/mol. The second kappa shape index (κ2) is 5.84. The molecule has 0 fully saturated rings. The second-order valence-electron chi connectivity index (χ2n) is 2.68. The maximum atomic E-state index is 11.9. The van der Waals surface area contributed by atoms with Gasteiger partial charge in [-0.3, -0.25) is 4.57 Å². The molecule has 0 aromatic rings. The molecule has 0 saturated carbocycles. The van der Waals surface area contributed by atoms with E-state index in [2.05, 4.69) is 9.05 Å². The number of hydrogen-bond acceptors (Lipinski definition) is 4. The quantitative estimate of drug-likeness (QED) is 0.736. The van der Waals surface area contributed by atoms with E-state index in [-0.39, 0.29) is 13.2 Å². The Balaban J connectivity index is 4.55. The van der Waals surface area contributed by atoms with Gasteiger partial charge in [0.15, 0.2) is 5.85 Å². The number of aliphatic hydroxyl groups is 1. The second-order valence-corrected chi connectivity index (χ2v) is 4.87. The number of rotatable bonds is 6. The lowest BCUT2D eigenvalue weighted by Gasteiger charge is -2.22. The molecule has 1 atom stereocenters. The van der Waals surface area contributed by atoms with Crippen molar-refractivity contribution in [2.24, 2.45) is 0 Å². The zero-order valence-electron chi connectivity index (χ0n) is 8.45. The van der Waals surface area contributed by atoms with Crippen molar-refractivity contribution in [3.63, 3.8) is 0 Å². The Morgan fingerprint density at radius 2 is 1.67 bits per heavy atom. The van der Waals surface area contributed by atoms with E-state index in [9.17, 15) is 17.7 Å². The van der Waals surface area contributed by atoms with Crippen LogP contribution in [0.15, 0.2) is 0 Å². The zero-order valence-corrected chi connectivity index (χ0v) is 9.35. The van der Waals surface area contributed by atoms with Crippen LogP contribution in [-0.2, 0) is 13.6 Å². The first-order valence-corrected chi connectivity index (χ1v) is 6.00. The topological polar surface area (TPSA) is 55.8 Å². The van der Waals surface area contributed by atoms with Crippen LogP contribution in [0.2, 0.25) is 0 Å². The molecule has 0 heterocycles. The maximum Gasteiger partial charge on any atom is 0.392 e. The van der Waals surface area contributed by atoms with Crippen LogP contribution in [-0.4, -0.2) is 30.3 Å². The SMILES string of the molecule is CCOP(=O)(OCC)[C@H](O)CC(F)(F)F. The fourth-order valence-corrected chi connectivity index (χ4v) is 2.46. The minimum absolute atomic E-state index is 0.0911. The fourth-order valence-electron chi connectivity index (χ4n) is 0.888. The lowest BCUT2D eigenvalue weighted by Crippen LogP contribution is -2.21. The van der Waals surface area contributed by atoms with E-state index >= 15 is 0 Å². The van der Waals surface area contributed by atoms with Gasteiger partial charge in [0.1, 0.15) is 0 Å². The summed E-state index contributed by atoms with van der Waals surface area (Å²) in [6.07, 6.45) is -6.21. The number of alkyl halides is 3. The van der Waals surface area contributed by atoms with Crippen LogP contribution in [0.3, 0.4) is 0 Å². The van der Waals surface area contributed by atoms with E-state index < -0.39 is 26.0 Å². The Morgan fingerprint density at radius 1 is 1.27 bits per heavy atom. The van der Waals surface area contributed by atoms with Crippen LogP contribution in [0.5, 0.6) is 0 Å². The molecule has 92 valence electrons. The highest BCUT2D eigenvalue weighted by atomic mass is 31.2. The molecule has 8 heteroatoms. The molecule has 15 heavy (non-hydrogen) atoms. The van der Waals surface area contributed by atoms with Crippen LogP contribution in [0.1, 0.15) is 20.3 Å². The predicted molar refractivity (Wildman–Crippen MR) is 47.5 cm³/mol. The zero-order chi connectivity index (χ0) is 12.1. The van der Waals surface area contributed by atoms with E-state index in [1.165, 1.54) is 13.8 Å². The minimum atomic E-state index is -4.61. The average Bonchev–Trinajstić information content (AvgIpc) is 2.01. The molecule has 0 radical (unpaired) electrons. The molecule has 0 aromatic carbocycles. The summed E-state index contributed by atoms with van der Waals surface area (Å²) >= 11 is 0. The van der Waals surface area contributed by atoms with Crippen molar-refractivity contribution in [3.05, 3.63) is 0 Å². The van der Waals surface area contributed by atoms with E-state index in [0.717, 1.165) is 0 Å². The molecule has 0 aromatic heterocycles. The summed E-state index contributed by atoms with van der Waals surface area (Å²) in [7, 11) is -4.07. The van der Waals surface area contributed by atoms with E-state index in [0.29, 0.717) is 0 Å². The largest absolute Gasteiger partial charge is 0.392 e. The first kappa shape index (κ1) is 14.9. The van der Waals surface area contributed by atoms with Gasteiger partial charge in [0, 0.05) is 0 Å². The van der Waals surface area contributed by atoms with Gasteiger partial charge in [0.25, 0.3) is 0 Å². The van der Waals surface area contributed by atoms with Crippen LogP contribution in [0.25, 0.3) is 0 Å². The van der Waals surface area contributed by atoms with E-state index in [4.69, 9.17) is 5.11 Å². The molecule has 0 spiro atoms. The van der Waals surface area contributed by atoms with Crippen LogP contribution >= 0.6 is 7.60 Å². The van der Waals surface area contributed by atoms with Crippen LogP contribution < -0.4 is 0 Å². The van der Waals surface area contributed by atoms with Crippen molar-refractivity contribution < 1.29 is 31.9 Å². The summed E-state index contributed by atoms with van der Waals surface area (Å²) in [6.45, 7) is 2.72. The van der Waals surface area contributed by atoms with Gasteiger partial charge in [-0.15, -0.1) is 0 Å². The Hall–Kier alpha value is -0.100. The van der Waals surface area contributed by atoms with Crippen molar-refractivity contribution in [2.45, 2.75) is 32.3 Å². The van der Waals surface area contributed by atoms with Crippen molar-refractivity contribution >= 4 is 7.60 Å². The molecular weight excluding hydrogens is 236 g/mol. The molecule has 0 rings (SSSR count).